The van der Waals surface area contributed by atoms with Crippen LogP contribution < -0.4 is 5.32 Å². The molecule has 1 fully saturated rings. The number of anilines is 1. The van der Waals surface area contributed by atoms with Crippen LogP contribution >= 0.6 is 0 Å². The number of pyridine rings is 1. The van der Waals surface area contributed by atoms with Gasteiger partial charge in [-0.3, -0.25) is 9.78 Å². The van der Waals surface area contributed by atoms with Crippen LogP contribution in [0.5, 0.6) is 0 Å². The predicted octanol–water partition coefficient (Wildman–Crippen LogP) is 4.37. The van der Waals surface area contributed by atoms with E-state index < -0.39 is 0 Å². The van der Waals surface area contributed by atoms with Crippen LogP contribution in [0.25, 0.3) is 10.9 Å². The summed E-state index contributed by atoms with van der Waals surface area (Å²) in [5, 5.41) is 4.13. The van der Waals surface area contributed by atoms with Crippen molar-refractivity contribution in [2.24, 2.45) is 5.92 Å². The average Bonchev–Trinajstić information content (AvgIpc) is 2.55. The molecule has 0 aliphatic heterocycles. The van der Waals surface area contributed by atoms with Gasteiger partial charge in [-0.2, -0.15) is 0 Å². The van der Waals surface area contributed by atoms with Crippen LogP contribution in [0.1, 0.15) is 24.3 Å². The largest absolute Gasteiger partial charge is 0.324 e. The summed E-state index contributed by atoms with van der Waals surface area (Å²) in [7, 11) is 0. The molecule has 3 aromatic rings. The zero-order chi connectivity index (χ0) is 15.6. The lowest BCUT2D eigenvalue weighted by Gasteiger charge is -2.35. The average molecular weight is 302 g/mol. The van der Waals surface area contributed by atoms with Gasteiger partial charge in [0.2, 0.25) is 5.91 Å². The van der Waals surface area contributed by atoms with Gasteiger partial charge in [0, 0.05) is 17.5 Å². The topological polar surface area (TPSA) is 42.0 Å². The molecular formula is C20H18N2O. The van der Waals surface area contributed by atoms with Crippen molar-refractivity contribution in [1.82, 2.24) is 4.98 Å². The second-order valence-corrected chi connectivity index (χ2v) is 6.07. The molecule has 0 saturated heterocycles. The van der Waals surface area contributed by atoms with Gasteiger partial charge < -0.3 is 5.32 Å². The van der Waals surface area contributed by atoms with Gasteiger partial charge >= 0.3 is 0 Å². The summed E-state index contributed by atoms with van der Waals surface area (Å²) >= 11 is 0. The summed E-state index contributed by atoms with van der Waals surface area (Å²) in [6.07, 6.45) is 3.79. The van der Waals surface area contributed by atoms with Crippen LogP contribution in [-0.2, 0) is 4.79 Å². The lowest BCUT2D eigenvalue weighted by Crippen LogP contribution is -2.35. The van der Waals surface area contributed by atoms with Crippen molar-refractivity contribution in [2.45, 2.75) is 18.8 Å². The zero-order valence-corrected chi connectivity index (χ0v) is 12.8. The van der Waals surface area contributed by atoms with Crippen molar-refractivity contribution < 1.29 is 4.79 Å². The number of amides is 1. The molecule has 1 heterocycles. The lowest BCUT2D eigenvalue weighted by molar-refractivity contribution is -0.123. The summed E-state index contributed by atoms with van der Waals surface area (Å²) < 4.78 is 0. The number of rotatable bonds is 3. The van der Waals surface area contributed by atoms with E-state index in [0.717, 1.165) is 29.4 Å². The van der Waals surface area contributed by atoms with E-state index in [-0.39, 0.29) is 11.8 Å². The molecule has 0 unspecified atom stereocenters. The molecule has 1 amide bonds. The van der Waals surface area contributed by atoms with Gasteiger partial charge in [0.25, 0.3) is 0 Å². The van der Waals surface area contributed by atoms with E-state index in [1.807, 2.05) is 48.5 Å². The van der Waals surface area contributed by atoms with Gasteiger partial charge in [0.05, 0.1) is 11.2 Å². The molecule has 1 aliphatic rings. The molecule has 3 heteroatoms. The number of para-hydroxylation sites is 1. The summed E-state index contributed by atoms with van der Waals surface area (Å²) in [5.74, 6) is 0.485. The summed E-state index contributed by atoms with van der Waals surface area (Å²) in [6, 6.07) is 20.1. The number of hydrogen-bond donors (Lipinski definition) is 1. The second kappa shape index (κ2) is 5.84. The Morgan fingerprint density at radius 1 is 0.957 bits per heavy atom. The number of benzene rings is 2. The molecule has 3 nitrogen and oxygen atoms in total. The van der Waals surface area contributed by atoms with Crippen LogP contribution in [0, 0.1) is 5.92 Å². The fraction of sp³-hybridized carbons (Fsp3) is 0.200. The summed E-state index contributed by atoms with van der Waals surface area (Å²) in [5.41, 5.74) is 2.90. The molecule has 2 aromatic carbocycles. The minimum absolute atomic E-state index is 0.0522. The van der Waals surface area contributed by atoms with E-state index in [0.29, 0.717) is 5.92 Å². The first-order valence-corrected chi connectivity index (χ1v) is 8.02. The van der Waals surface area contributed by atoms with Crippen molar-refractivity contribution >= 4 is 22.5 Å². The normalized spacial score (nSPS) is 20.0. The van der Waals surface area contributed by atoms with E-state index in [9.17, 15) is 4.79 Å². The maximum atomic E-state index is 12.7. The highest BCUT2D eigenvalue weighted by atomic mass is 16.1. The molecule has 0 spiro atoms. The molecule has 1 aliphatic carbocycles. The third-order valence-electron chi connectivity index (χ3n) is 4.73. The number of hydrogen-bond acceptors (Lipinski definition) is 2. The molecule has 23 heavy (non-hydrogen) atoms. The molecule has 0 bridgehead atoms. The third-order valence-corrected chi connectivity index (χ3v) is 4.73. The monoisotopic (exact) mass is 302 g/mol. The number of carbonyl (C=O) groups excluding carboxylic acids is 1. The first-order valence-electron chi connectivity index (χ1n) is 8.02. The summed E-state index contributed by atoms with van der Waals surface area (Å²) in [6.45, 7) is 0. The van der Waals surface area contributed by atoms with Crippen molar-refractivity contribution in [1.29, 1.82) is 0 Å². The van der Waals surface area contributed by atoms with Gasteiger partial charge in [-0.1, -0.05) is 48.5 Å². The predicted molar refractivity (Wildman–Crippen MR) is 92.3 cm³/mol. The molecule has 2 atom stereocenters. The van der Waals surface area contributed by atoms with Crippen LogP contribution in [0.4, 0.5) is 5.69 Å². The first-order chi connectivity index (χ1) is 11.3. The zero-order valence-electron chi connectivity index (χ0n) is 12.8. The number of carbonyl (C=O) groups is 1. The Balaban J connectivity index is 1.56. The highest BCUT2D eigenvalue weighted by Gasteiger charge is 2.37. The van der Waals surface area contributed by atoms with Gasteiger partial charge in [-0.15, -0.1) is 0 Å². The smallest absolute Gasteiger partial charge is 0.228 e. The maximum Gasteiger partial charge on any atom is 0.228 e. The SMILES string of the molecule is O=C(Nc1cccc2cccnc12)[C@@H]1CC[C@@H]1c1ccccc1. The Bertz CT molecular complexity index is 839. The van der Waals surface area contributed by atoms with Crippen LogP contribution in [0.15, 0.2) is 66.9 Å². The minimum atomic E-state index is 0.0522. The highest BCUT2D eigenvalue weighted by molar-refractivity contribution is 6.01. The van der Waals surface area contributed by atoms with Crippen molar-refractivity contribution in [3.05, 3.63) is 72.4 Å². The Labute approximate surface area is 135 Å². The quantitative estimate of drug-likeness (QED) is 0.780. The van der Waals surface area contributed by atoms with E-state index in [4.69, 9.17) is 0 Å². The standard InChI is InChI=1S/C20H18N2O/c23-20(17-12-11-16(17)14-6-2-1-3-7-14)22-18-10-4-8-15-9-5-13-21-19(15)18/h1-10,13,16-17H,11-12H2,(H,22,23)/t16-,17-/m1/s1. The molecule has 1 aromatic heterocycles. The van der Waals surface area contributed by atoms with Crippen LogP contribution in [0.3, 0.4) is 0 Å². The van der Waals surface area contributed by atoms with Crippen LogP contribution in [-0.4, -0.2) is 10.9 Å². The molecule has 1 N–H and O–H groups in total. The number of aromatic nitrogens is 1. The second-order valence-electron chi connectivity index (χ2n) is 6.07. The van der Waals surface area contributed by atoms with Gasteiger partial charge in [0.1, 0.15) is 0 Å². The molecule has 4 rings (SSSR count). The van der Waals surface area contributed by atoms with Crippen LogP contribution in [0.2, 0.25) is 0 Å². The number of nitrogens with zero attached hydrogens (tertiary/aromatic N) is 1. The van der Waals surface area contributed by atoms with E-state index in [1.165, 1.54) is 5.56 Å². The minimum Gasteiger partial charge on any atom is -0.324 e. The maximum absolute atomic E-state index is 12.7. The fourth-order valence-corrected chi connectivity index (χ4v) is 3.34. The van der Waals surface area contributed by atoms with E-state index in [1.54, 1.807) is 6.20 Å². The molecule has 114 valence electrons. The van der Waals surface area contributed by atoms with Crippen molar-refractivity contribution in [3.8, 4) is 0 Å². The number of fused-ring (bicyclic) bond motifs is 1. The summed E-state index contributed by atoms with van der Waals surface area (Å²) in [4.78, 5) is 17.1. The Kier molecular flexibility index (Phi) is 3.54. The van der Waals surface area contributed by atoms with Gasteiger partial charge in [-0.25, -0.2) is 0 Å². The number of nitrogens with one attached hydrogen (secondary N) is 1. The van der Waals surface area contributed by atoms with Gasteiger partial charge in [-0.05, 0) is 36.5 Å². The Morgan fingerprint density at radius 2 is 1.78 bits per heavy atom. The first kappa shape index (κ1) is 13.9. The van der Waals surface area contributed by atoms with E-state index >= 15 is 0 Å². The van der Waals surface area contributed by atoms with E-state index in [2.05, 4.69) is 22.4 Å². The molecular weight excluding hydrogens is 284 g/mol. The Hall–Kier alpha value is -2.68. The fourth-order valence-electron chi connectivity index (χ4n) is 3.34. The lowest BCUT2D eigenvalue weighted by atomic mass is 9.69. The van der Waals surface area contributed by atoms with Crippen molar-refractivity contribution in [3.63, 3.8) is 0 Å². The Morgan fingerprint density at radius 3 is 2.57 bits per heavy atom. The highest BCUT2D eigenvalue weighted by Crippen LogP contribution is 2.43. The molecule has 0 radical (unpaired) electrons. The van der Waals surface area contributed by atoms with Crippen molar-refractivity contribution in [2.75, 3.05) is 5.32 Å². The van der Waals surface area contributed by atoms with Gasteiger partial charge in [0.15, 0.2) is 0 Å². The third kappa shape index (κ3) is 2.59. The molecule has 1 saturated carbocycles.